The van der Waals surface area contributed by atoms with Crippen molar-refractivity contribution in [1.29, 1.82) is 0 Å². The average molecular weight is 516 g/mol. The second-order valence-electron chi connectivity index (χ2n) is 9.46. The third-order valence-electron chi connectivity index (χ3n) is 7.30. The summed E-state index contributed by atoms with van der Waals surface area (Å²) in [6.07, 6.45) is 1.15. The van der Waals surface area contributed by atoms with E-state index < -0.39 is 17.5 Å². The fourth-order valence-corrected chi connectivity index (χ4v) is 4.64. The third-order valence-corrected chi connectivity index (χ3v) is 7.30. The Labute approximate surface area is 221 Å². The van der Waals surface area contributed by atoms with Crippen molar-refractivity contribution in [3.63, 3.8) is 0 Å². The van der Waals surface area contributed by atoms with E-state index in [1.165, 1.54) is 0 Å². The van der Waals surface area contributed by atoms with E-state index in [-0.39, 0.29) is 12.6 Å². The van der Waals surface area contributed by atoms with Gasteiger partial charge >= 0.3 is 12.1 Å². The van der Waals surface area contributed by atoms with Crippen molar-refractivity contribution in [2.24, 2.45) is 5.41 Å². The van der Waals surface area contributed by atoms with Gasteiger partial charge in [-0.2, -0.15) is 5.21 Å². The van der Waals surface area contributed by atoms with Gasteiger partial charge in [0.2, 0.25) is 5.82 Å². The number of aromatic amines is 1. The second kappa shape index (κ2) is 11.9. The van der Waals surface area contributed by atoms with Crippen LogP contribution in [0.1, 0.15) is 45.6 Å². The molecule has 1 amide bonds. The maximum Gasteiger partial charge on any atom is 0.407 e. The number of nitrogens with one attached hydrogen (secondary N) is 2. The first kappa shape index (κ1) is 26.8. The SMILES string of the molecule is CCC(Cc1ccc2cc(-c3ccccc3-c3nn[nH]n3)ccc2c1)OC(=O)NCC(CC)(CC)C(=O)O. The minimum Gasteiger partial charge on any atom is -0.481 e. The molecule has 1 heterocycles. The van der Waals surface area contributed by atoms with Crippen LogP contribution in [0.4, 0.5) is 4.79 Å². The molecule has 0 bridgehead atoms. The van der Waals surface area contributed by atoms with Crippen LogP contribution < -0.4 is 5.32 Å². The first-order valence-corrected chi connectivity index (χ1v) is 12.9. The Balaban J connectivity index is 1.46. The molecule has 3 aromatic carbocycles. The average Bonchev–Trinajstić information content (AvgIpc) is 3.48. The van der Waals surface area contributed by atoms with Crippen molar-refractivity contribution in [2.75, 3.05) is 6.54 Å². The molecule has 0 saturated heterocycles. The zero-order chi connectivity index (χ0) is 27.1. The molecule has 1 aromatic heterocycles. The van der Waals surface area contributed by atoms with E-state index in [4.69, 9.17) is 4.74 Å². The molecule has 0 spiro atoms. The van der Waals surface area contributed by atoms with E-state index in [2.05, 4.69) is 56.3 Å². The Kier molecular flexibility index (Phi) is 8.35. The zero-order valence-corrected chi connectivity index (χ0v) is 21.9. The van der Waals surface area contributed by atoms with Crippen LogP contribution in [-0.4, -0.2) is 50.4 Å². The molecule has 0 radical (unpaired) electrons. The number of tetrazole rings is 1. The summed E-state index contributed by atoms with van der Waals surface area (Å²) >= 11 is 0. The summed E-state index contributed by atoms with van der Waals surface area (Å²) in [6, 6.07) is 20.5. The molecule has 0 saturated carbocycles. The molecular weight excluding hydrogens is 482 g/mol. The number of hydrogen-bond acceptors (Lipinski definition) is 6. The third kappa shape index (κ3) is 5.82. The van der Waals surface area contributed by atoms with Crippen LogP contribution in [-0.2, 0) is 16.0 Å². The highest BCUT2D eigenvalue weighted by atomic mass is 16.6. The number of fused-ring (bicyclic) bond motifs is 1. The first-order valence-electron chi connectivity index (χ1n) is 12.9. The second-order valence-corrected chi connectivity index (χ2v) is 9.46. The number of nitrogens with zero attached hydrogens (tertiary/aromatic N) is 3. The number of aliphatic carboxylic acids is 1. The van der Waals surface area contributed by atoms with E-state index in [9.17, 15) is 14.7 Å². The lowest BCUT2D eigenvalue weighted by molar-refractivity contribution is -0.149. The lowest BCUT2D eigenvalue weighted by Gasteiger charge is -2.27. The van der Waals surface area contributed by atoms with Gasteiger partial charge in [-0.3, -0.25) is 4.79 Å². The van der Waals surface area contributed by atoms with Gasteiger partial charge in [0, 0.05) is 18.5 Å². The van der Waals surface area contributed by atoms with Gasteiger partial charge in [0.1, 0.15) is 6.10 Å². The number of carbonyl (C=O) groups excluding carboxylic acids is 1. The van der Waals surface area contributed by atoms with E-state index in [1.54, 1.807) is 0 Å². The van der Waals surface area contributed by atoms with E-state index >= 15 is 0 Å². The van der Waals surface area contributed by atoms with Crippen molar-refractivity contribution in [3.05, 3.63) is 66.2 Å². The summed E-state index contributed by atoms with van der Waals surface area (Å²) in [5.74, 6) is -0.365. The Morgan fingerprint density at radius 3 is 2.37 bits per heavy atom. The maximum atomic E-state index is 12.5. The number of benzene rings is 3. The number of carbonyl (C=O) groups is 2. The Bertz CT molecular complexity index is 1400. The summed E-state index contributed by atoms with van der Waals surface area (Å²) < 4.78 is 5.64. The van der Waals surface area contributed by atoms with Crippen LogP contribution in [0.2, 0.25) is 0 Å². The molecule has 38 heavy (non-hydrogen) atoms. The molecule has 9 heteroatoms. The standard InChI is InChI=1S/C29H33N5O4/c1-4-23(38-28(37)30-18-29(5-2,6-3)27(35)36)16-19-11-12-21-17-22(14-13-20(21)15-19)24-9-7-8-10-25(24)26-31-33-34-32-26/h7-15,17,23H,4-6,16,18H2,1-3H3,(H,30,37)(H,35,36)(H,31,32,33,34). The van der Waals surface area contributed by atoms with Crippen molar-refractivity contribution in [2.45, 2.75) is 52.6 Å². The number of rotatable bonds is 11. The smallest absolute Gasteiger partial charge is 0.407 e. The van der Waals surface area contributed by atoms with Crippen LogP contribution in [0.3, 0.4) is 0 Å². The number of carboxylic acids is 1. The molecular formula is C29H33N5O4. The van der Waals surface area contributed by atoms with Crippen molar-refractivity contribution in [1.82, 2.24) is 25.9 Å². The summed E-state index contributed by atoms with van der Waals surface area (Å²) in [4.78, 5) is 24.2. The summed E-state index contributed by atoms with van der Waals surface area (Å²) in [5, 5.41) is 28.9. The molecule has 4 aromatic rings. The Morgan fingerprint density at radius 1 is 1.00 bits per heavy atom. The molecule has 3 N–H and O–H groups in total. The predicted molar refractivity (Wildman–Crippen MR) is 145 cm³/mol. The largest absolute Gasteiger partial charge is 0.481 e. The fraction of sp³-hybridized carbons (Fsp3) is 0.345. The molecule has 198 valence electrons. The topological polar surface area (TPSA) is 130 Å². The highest BCUT2D eigenvalue weighted by Gasteiger charge is 2.35. The van der Waals surface area contributed by atoms with Gasteiger partial charge in [0.15, 0.2) is 0 Å². The molecule has 0 aliphatic rings. The quantitative estimate of drug-likeness (QED) is 0.236. The normalized spacial score (nSPS) is 12.3. The number of amides is 1. The monoisotopic (exact) mass is 515 g/mol. The van der Waals surface area contributed by atoms with Crippen molar-refractivity contribution in [3.8, 4) is 22.5 Å². The highest BCUT2D eigenvalue weighted by Crippen LogP contribution is 2.32. The van der Waals surface area contributed by atoms with Gasteiger partial charge in [-0.15, -0.1) is 10.2 Å². The van der Waals surface area contributed by atoms with Gasteiger partial charge in [0.25, 0.3) is 0 Å². The minimum absolute atomic E-state index is 0.0404. The summed E-state index contributed by atoms with van der Waals surface area (Å²) in [6.45, 7) is 5.63. The predicted octanol–water partition coefficient (Wildman–Crippen LogP) is 5.63. The molecule has 0 fully saturated rings. The van der Waals surface area contributed by atoms with E-state index in [0.29, 0.717) is 31.5 Å². The number of H-pyrrole nitrogens is 1. The van der Waals surface area contributed by atoms with E-state index in [1.807, 2.05) is 51.1 Å². The fourth-order valence-electron chi connectivity index (χ4n) is 4.64. The summed E-state index contributed by atoms with van der Waals surface area (Å²) in [7, 11) is 0. The van der Waals surface area contributed by atoms with Crippen LogP contribution in [0, 0.1) is 5.41 Å². The van der Waals surface area contributed by atoms with E-state index in [0.717, 1.165) is 33.0 Å². The molecule has 1 atom stereocenters. The van der Waals surface area contributed by atoms with Crippen LogP contribution in [0.25, 0.3) is 33.3 Å². The molecule has 9 nitrogen and oxygen atoms in total. The number of ether oxygens (including phenoxy) is 1. The van der Waals surface area contributed by atoms with Gasteiger partial charge in [0.05, 0.1) is 5.41 Å². The molecule has 4 rings (SSSR count). The number of aromatic nitrogens is 4. The van der Waals surface area contributed by atoms with Crippen molar-refractivity contribution >= 4 is 22.8 Å². The van der Waals surface area contributed by atoms with Gasteiger partial charge in [-0.05, 0) is 58.0 Å². The number of alkyl carbamates (subject to hydrolysis) is 1. The number of carboxylic acid groups (broad SMARTS) is 1. The maximum absolute atomic E-state index is 12.5. The molecule has 1 unspecified atom stereocenters. The number of hydrogen-bond donors (Lipinski definition) is 3. The molecule has 0 aliphatic heterocycles. The van der Waals surface area contributed by atoms with Crippen LogP contribution in [0.5, 0.6) is 0 Å². The summed E-state index contributed by atoms with van der Waals surface area (Å²) in [5.41, 5.74) is 3.04. The zero-order valence-electron chi connectivity index (χ0n) is 21.9. The van der Waals surface area contributed by atoms with Gasteiger partial charge in [-0.25, -0.2) is 4.79 Å². The van der Waals surface area contributed by atoms with Gasteiger partial charge < -0.3 is 15.2 Å². The lowest BCUT2D eigenvalue weighted by atomic mass is 9.82. The Morgan fingerprint density at radius 2 is 1.71 bits per heavy atom. The minimum atomic E-state index is -0.982. The lowest BCUT2D eigenvalue weighted by Crippen LogP contribution is -2.43. The van der Waals surface area contributed by atoms with Crippen LogP contribution >= 0.6 is 0 Å². The van der Waals surface area contributed by atoms with Crippen molar-refractivity contribution < 1.29 is 19.4 Å². The van der Waals surface area contributed by atoms with Gasteiger partial charge in [-0.1, -0.05) is 75.4 Å². The molecule has 0 aliphatic carbocycles. The highest BCUT2D eigenvalue weighted by molar-refractivity contribution is 5.90. The Hall–Kier alpha value is -4.27. The van der Waals surface area contributed by atoms with Crippen LogP contribution in [0.15, 0.2) is 60.7 Å². The first-order chi connectivity index (χ1) is 18.4.